The summed E-state index contributed by atoms with van der Waals surface area (Å²) in [5.41, 5.74) is 5.92. The zero-order chi connectivity index (χ0) is 12.3. The van der Waals surface area contributed by atoms with E-state index < -0.39 is 10.0 Å². The van der Waals surface area contributed by atoms with Gasteiger partial charge in [-0.1, -0.05) is 17.7 Å². The molecule has 0 spiro atoms. The number of halogens is 1. The van der Waals surface area contributed by atoms with Crippen LogP contribution >= 0.6 is 11.6 Å². The van der Waals surface area contributed by atoms with Crippen molar-refractivity contribution in [3.63, 3.8) is 0 Å². The molecule has 1 rings (SSSR count). The molecule has 0 fully saturated rings. The van der Waals surface area contributed by atoms with Crippen molar-refractivity contribution in [2.24, 2.45) is 0 Å². The zero-order valence-electron chi connectivity index (χ0n) is 8.85. The summed E-state index contributed by atoms with van der Waals surface area (Å²) in [4.78, 5) is 0.0488. The molecule has 0 saturated heterocycles. The van der Waals surface area contributed by atoms with E-state index >= 15 is 0 Å². The third kappa shape index (κ3) is 2.55. The molecule has 0 heterocycles. The number of anilines is 1. The quantitative estimate of drug-likeness (QED) is 0.662. The van der Waals surface area contributed by atoms with Gasteiger partial charge in [0.05, 0.1) is 5.02 Å². The Balaban J connectivity index is 3.22. The predicted octanol–water partition coefficient (Wildman–Crippen LogP) is 1.73. The number of hydrogen-bond acceptors (Lipinski definition) is 3. The number of nitrogen functional groups attached to an aromatic ring is 1. The second-order valence-corrected chi connectivity index (χ2v) is 5.68. The molecule has 0 unspecified atom stereocenters. The molecular formula is C10H13ClN2O2S. The normalized spacial score (nSPS) is 11.7. The molecule has 2 N–H and O–H groups in total. The molecule has 0 amide bonds. The van der Waals surface area contributed by atoms with E-state index in [2.05, 4.69) is 6.58 Å². The Bertz CT molecular complexity index is 500. The van der Waals surface area contributed by atoms with Gasteiger partial charge in [0.1, 0.15) is 4.90 Å². The Morgan fingerprint density at radius 2 is 2.19 bits per heavy atom. The fourth-order valence-corrected chi connectivity index (χ4v) is 2.84. The number of hydrogen-bond donors (Lipinski definition) is 1. The lowest BCUT2D eigenvalue weighted by molar-refractivity contribution is 0.499. The van der Waals surface area contributed by atoms with Crippen LogP contribution in [0.2, 0.25) is 5.02 Å². The van der Waals surface area contributed by atoms with Crippen LogP contribution in [0.3, 0.4) is 0 Å². The summed E-state index contributed by atoms with van der Waals surface area (Å²) < 4.78 is 25.2. The molecule has 0 aliphatic carbocycles. The van der Waals surface area contributed by atoms with Gasteiger partial charge in [0.2, 0.25) is 10.0 Å². The van der Waals surface area contributed by atoms with Gasteiger partial charge >= 0.3 is 0 Å². The topological polar surface area (TPSA) is 63.4 Å². The SMILES string of the molecule is C=CCN(C)S(=O)(=O)c1ccc(N)cc1Cl. The largest absolute Gasteiger partial charge is 0.399 e. The number of rotatable bonds is 4. The van der Waals surface area contributed by atoms with Crippen molar-refractivity contribution in [2.75, 3.05) is 19.3 Å². The van der Waals surface area contributed by atoms with Crippen LogP contribution in [-0.4, -0.2) is 26.3 Å². The molecule has 6 heteroatoms. The third-order valence-corrected chi connectivity index (χ3v) is 4.34. The lowest BCUT2D eigenvalue weighted by Gasteiger charge is -2.16. The molecule has 0 radical (unpaired) electrons. The molecule has 1 aromatic carbocycles. The van der Waals surface area contributed by atoms with Crippen LogP contribution in [0.25, 0.3) is 0 Å². The summed E-state index contributed by atoms with van der Waals surface area (Å²) in [5, 5.41) is 0.121. The van der Waals surface area contributed by atoms with Crippen LogP contribution < -0.4 is 5.73 Å². The molecule has 4 nitrogen and oxygen atoms in total. The van der Waals surface area contributed by atoms with Gasteiger partial charge in [-0.3, -0.25) is 0 Å². The first-order valence-electron chi connectivity index (χ1n) is 4.52. The van der Waals surface area contributed by atoms with Gasteiger partial charge in [-0.05, 0) is 18.2 Å². The number of nitrogens with two attached hydrogens (primary N) is 1. The van der Waals surface area contributed by atoms with E-state index in [0.717, 1.165) is 4.31 Å². The highest BCUT2D eigenvalue weighted by Crippen LogP contribution is 2.25. The molecule has 0 bridgehead atoms. The van der Waals surface area contributed by atoms with Crippen molar-refractivity contribution in [1.82, 2.24) is 4.31 Å². The minimum absolute atomic E-state index is 0.0488. The summed E-state index contributed by atoms with van der Waals surface area (Å²) in [6, 6.07) is 4.31. The Labute approximate surface area is 100 Å². The molecule has 1 aromatic rings. The van der Waals surface area contributed by atoms with E-state index in [9.17, 15) is 8.42 Å². The van der Waals surface area contributed by atoms with Crippen LogP contribution in [-0.2, 0) is 10.0 Å². The lowest BCUT2D eigenvalue weighted by atomic mass is 10.3. The smallest absolute Gasteiger partial charge is 0.244 e. The van der Waals surface area contributed by atoms with Crippen molar-refractivity contribution in [3.05, 3.63) is 35.9 Å². The lowest BCUT2D eigenvalue weighted by Crippen LogP contribution is -2.27. The Morgan fingerprint density at radius 1 is 1.56 bits per heavy atom. The molecule has 0 aromatic heterocycles. The summed E-state index contributed by atoms with van der Waals surface area (Å²) in [6.07, 6.45) is 1.50. The highest BCUT2D eigenvalue weighted by atomic mass is 35.5. The van der Waals surface area contributed by atoms with E-state index in [0.29, 0.717) is 5.69 Å². The van der Waals surface area contributed by atoms with Crippen LogP contribution in [0.4, 0.5) is 5.69 Å². The van der Waals surface area contributed by atoms with Crippen LogP contribution in [0, 0.1) is 0 Å². The summed E-state index contributed by atoms with van der Waals surface area (Å²) in [7, 11) is -2.11. The molecule has 0 atom stereocenters. The van der Waals surface area contributed by atoms with Crippen molar-refractivity contribution in [2.45, 2.75) is 4.90 Å². The third-order valence-electron chi connectivity index (χ3n) is 2.03. The summed E-state index contributed by atoms with van der Waals surface area (Å²) in [5.74, 6) is 0. The van der Waals surface area contributed by atoms with Crippen molar-refractivity contribution < 1.29 is 8.42 Å². The van der Waals surface area contributed by atoms with Gasteiger partial charge < -0.3 is 5.73 Å². The zero-order valence-corrected chi connectivity index (χ0v) is 10.4. The van der Waals surface area contributed by atoms with Crippen molar-refractivity contribution in [1.29, 1.82) is 0 Å². The monoisotopic (exact) mass is 260 g/mol. The van der Waals surface area contributed by atoms with E-state index in [1.165, 1.54) is 31.3 Å². The first-order chi connectivity index (χ1) is 7.39. The molecular weight excluding hydrogens is 248 g/mol. The summed E-state index contributed by atoms with van der Waals surface area (Å²) >= 11 is 5.85. The second-order valence-electron chi connectivity index (χ2n) is 3.26. The van der Waals surface area contributed by atoms with E-state index in [-0.39, 0.29) is 16.5 Å². The van der Waals surface area contributed by atoms with Crippen molar-refractivity contribution in [3.8, 4) is 0 Å². The molecule has 16 heavy (non-hydrogen) atoms. The van der Waals surface area contributed by atoms with E-state index in [1.54, 1.807) is 0 Å². The first kappa shape index (κ1) is 13.0. The predicted molar refractivity (Wildman–Crippen MR) is 65.9 cm³/mol. The fraction of sp³-hybridized carbons (Fsp3) is 0.200. The Kier molecular flexibility index (Phi) is 3.96. The van der Waals surface area contributed by atoms with Gasteiger partial charge in [0.15, 0.2) is 0 Å². The van der Waals surface area contributed by atoms with Gasteiger partial charge in [-0.2, -0.15) is 4.31 Å². The first-order valence-corrected chi connectivity index (χ1v) is 6.33. The van der Waals surface area contributed by atoms with Gasteiger partial charge in [-0.15, -0.1) is 6.58 Å². The van der Waals surface area contributed by atoms with Crippen molar-refractivity contribution >= 4 is 27.3 Å². The highest BCUT2D eigenvalue weighted by molar-refractivity contribution is 7.89. The minimum Gasteiger partial charge on any atom is -0.399 e. The van der Waals surface area contributed by atoms with Gasteiger partial charge in [0.25, 0.3) is 0 Å². The standard InChI is InChI=1S/C10H13ClN2O2S/c1-3-6-13(2)16(14,15)10-5-4-8(12)7-9(10)11/h3-5,7H,1,6,12H2,2H3. The maximum atomic E-state index is 12.0. The van der Waals surface area contributed by atoms with Crippen LogP contribution in [0.5, 0.6) is 0 Å². The Morgan fingerprint density at radius 3 is 2.69 bits per heavy atom. The van der Waals surface area contributed by atoms with Crippen LogP contribution in [0.15, 0.2) is 35.7 Å². The fourth-order valence-electron chi connectivity index (χ4n) is 1.17. The van der Waals surface area contributed by atoms with E-state index in [1.807, 2.05) is 0 Å². The number of nitrogens with zero attached hydrogens (tertiary/aromatic N) is 1. The minimum atomic E-state index is -3.57. The average molecular weight is 261 g/mol. The highest BCUT2D eigenvalue weighted by Gasteiger charge is 2.22. The maximum absolute atomic E-state index is 12.0. The van der Waals surface area contributed by atoms with E-state index in [4.69, 9.17) is 17.3 Å². The second kappa shape index (κ2) is 4.86. The molecule has 0 aliphatic heterocycles. The Hall–Kier alpha value is -1.04. The van der Waals surface area contributed by atoms with Gasteiger partial charge in [0, 0.05) is 19.3 Å². The molecule has 0 saturated carbocycles. The maximum Gasteiger partial charge on any atom is 0.244 e. The average Bonchev–Trinajstić information content (AvgIpc) is 2.17. The van der Waals surface area contributed by atoms with Crippen LogP contribution in [0.1, 0.15) is 0 Å². The molecule has 0 aliphatic rings. The number of sulfonamides is 1. The summed E-state index contributed by atoms with van der Waals surface area (Å²) in [6.45, 7) is 3.71. The molecule has 88 valence electrons. The number of benzene rings is 1. The number of likely N-dealkylation sites (N-methyl/N-ethyl adjacent to an activating group) is 1. The van der Waals surface area contributed by atoms with Gasteiger partial charge in [-0.25, -0.2) is 8.42 Å².